The Bertz CT molecular complexity index is 824. The molecule has 158 valence electrons. The second kappa shape index (κ2) is 11.4. The van der Waals surface area contributed by atoms with Crippen LogP contribution in [0, 0.1) is 6.92 Å². The molecule has 0 aliphatic heterocycles. The van der Waals surface area contributed by atoms with Gasteiger partial charge in [0.2, 0.25) is 11.8 Å². The van der Waals surface area contributed by atoms with Gasteiger partial charge in [0.05, 0.1) is 25.2 Å². The molecule has 9 heteroatoms. The largest absolute Gasteiger partial charge is 0.493 e. The number of aromatic nitrogens is 1. The number of methoxy groups -OCH3 is 1. The smallest absolute Gasteiger partial charge is 0.235 e. The third-order valence-corrected chi connectivity index (χ3v) is 4.91. The van der Waals surface area contributed by atoms with Crippen LogP contribution in [0.2, 0.25) is 0 Å². The van der Waals surface area contributed by atoms with E-state index in [4.69, 9.17) is 14.0 Å². The standard InChI is InChI=1S/C20H27N3O5S/c1-5-23(11-15-7-8-16(27-6-2)17(10-15)26-4)20(25)13-29-12-19(24)21-18-9-14(3)28-22-18/h7-10H,5-6,11-13H2,1-4H3,(H,21,22,24). The summed E-state index contributed by atoms with van der Waals surface area (Å²) in [4.78, 5) is 26.2. The monoisotopic (exact) mass is 421 g/mol. The fraction of sp³-hybridized carbons (Fsp3) is 0.450. The van der Waals surface area contributed by atoms with Crippen LogP contribution in [0.4, 0.5) is 5.82 Å². The van der Waals surface area contributed by atoms with E-state index >= 15 is 0 Å². The van der Waals surface area contributed by atoms with E-state index in [1.165, 1.54) is 11.8 Å². The van der Waals surface area contributed by atoms with Crippen molar-refractivity contribution < 1.29 is 23.6 Å². The van der Waals surface area contributed by atoms with Crippen LogP contribution in [0.1, 0.15) is 25.2 Å². The molecular weight excluding hydrogens is 394 g/mol. The predicted octanol–water partition coefficient (Wildman–Crippen LogP) is 3.11. The molecule has 0 saturated heterocycles. The summed E-state index contributed by atoms with van der Waals surface area (Å²) in [6, 6.07) is 7.28. The van der Waals surface area contributed by atoms with E-state index in [0.29, 0.717) is 42.8 Å². The molecule has 0 radical (unpaired) electrons. The first kappa shape index (κ1) is 22.6. The Balaban J connectivity index is 1.84. The van der Waals surface area contributed by atoms with Crippen molar-refractivity contribution in [1.82, 2.24) is 10.1 Å². The van der Waals surface area contributed by atoms with Gasteiger partial charge in [-0.1, -0.05) is 11.2 Å². The lowest BCUT2D eigenvalue weighted by Gasteiger charge is -2.21. The number of nitrogens with one attached hydrogen (secondary N) is 1. The van der Waals surface area contributed by atoms with Crippen molar-refractivity contribution in [2.75, 3.05) is 37.1 Å². The lowest BCUT2D eigenvalue weighted by molar-refractivity contribution is -0.128. The molecule has 2 rings (SSSR count). The van der Waals surface area contributed by atoms with Crippen molar-refractivity contribution in [3.8, 4) is 11.5 Å². The number of ether oxygens (including phenoxy) is 2. The average Bonchev–Trinajstić information content (AvgIpc) is 3.11. The average molecular weight is 422 g/mol. The van der Waals surface area contributed by atoms with Crippen LogP contribution in [-0.4, -0.2) is 53.6 Å². The van der Waals surface area contributed by atoms with Gasteiger partial charge >= 0.3 is 0 Å². The van der Waals surface area contributed by atoms with Gasteiger partial charge in [0.1, 0.15) is 5.76 Å². The highest BCUT2D eigenvalue weighted by Crippen LogP contribution is 2.28. The van der Waals surface area contributed by atoms with E-state index in [1.54, 1.807) is 25.0 Å². The van der Waals surface area contributed by atoms with E-state index in [0.717, 1.165) is 5.56 Å². The Morgan fingerprint density at radius 3 is 2.62 bits per heavy atom. The second-order valence-electron chi connectivity index (χ2n) is 6.19. The van der Waals surface area contributed by atoms with E-state index < -0.39 is 0 Å². The maximum Gasteiger partial charge on any atom is 0.235 e. The zero-order valence-electron chi connectivity index (χ0n) is 17.2. The van der Waals surface area contributed by atoms with E-state index in [-0.39, 0.29) is 23.3 Å². The van der Waals surface area contributed by atoms with Crippen molar-refractivity contribution in [1.29, 1.82) is 0 Å². The highest BCUT2D eigenvalue weighted by Gasteiger charge is 2.15. The quantitative estimate of drug-likeness (QED) is 0.596. The lowest BCUT2D eigenvalue weighted by Crippen LogP contribution is -2.32. The maximum absolute atomic E-state index is 12.5. The summed E-state index contributed by atoms with van der Waals surface area (Å²) >= 11 is 1.26. The molecule has 2 amide bonds. The molecule has 0 atom stereocenters. The van der Waals surface area contributed by atoms with Crippen LogP contribution in [0.3, 0.4) is 0 Å². The fourth-order valence-electron chi connectivity index (χ4n) is 2.61. The Morgan fingerprint density at radius 1 is 1.21 bits per heavy atom. The molecule has 29 heavy (non-hydrogen) atoms. The predicted molar refractivity (Wildman–Crippen MR) is 112 cm³/mol. The number of nitrogens with zero attached hydrogens (tertiary/aromatic N) is 2. The minimum absolute atomic E-state index is 0.0320. The first-order chi connectivity index (χ1) is 14.0. The number of anilines is 1. The second-order valence-corrected chi connectivity index (χ2v) is 7.18. The topological polar surface area (TPSA) is 93.9 Å². The summed E-state index contributed by atoms with van der Waals surface area (Å²) in [6.45, 7) is 7.16. The van der Waals surface area contributed by atoms with Crippen LogP contribution >= 0.6 is 11.8 Å². The molecule has 2 aromatic rings. The van der Waals surface area contributed by atoms with Crippen molar-refractivity contribution in [3.63, 3.8) is 0 Å². The number of carbonyl (C=O) groups is 2. The summed E-state index contributed by atoms with van der Waals surface area (Å²) in [5.41, 5.74) is 0.949. The van der Waals surface area contributed by atoms with Gasteiger partial charge in [-0.05, 0) is 38.5 Å². The lowest BCUT2D eigenvalue weighted by atomic mass is 10.2. The van der Waals surface area contributed by atoms with Crippen LogP contribution in [0.25, 0.3) is 0 Å². The molecule has 0 fully saturated rings. The summed E-state index contributed by atoms with van der Waals surface area (Å²) < 4.78 is 15.8. The number of thioether (sulfide) groups is 1. The SMILES string of the molecule is CCOc1ccc(CN(CC)C(=O)CSCC(=O)Nc2cc(C)on2)cc1OC. The van der Waals surface area contributed by atoms with Gasteiger partial charge in [-0.2, -0.15) is 0 Å². The molecule has 0 aliphatic carbocycles. The minimum Gasteiger partial charge on any atom is -0.493 e. The summed E-state index contributed by atoms with van der Waals surface area (Å²) in [5.74, 6) is 2.43. The molecule has 0 bridgehead atoms. The summed E-state index contributed by atoms with van der Waals surface area (Å²) in [6.07, 6.45) is 0. The molecule has 1 aromatic heterocycles. The molecule has 8 nitrogen and oxygen atoms in total. The van der Waals surface area contributed by atoms with Gasteiger partial charge in [-0.15, -0.1) is 11.8 Å². The summed E-state index contributed by atoms with van der Waals surface area (Å²) in [7, 11) is 1.59. The van der Waals surface area contributed by atoms with Gasteiger partial charge in [0.15, 0.2) is 17.3 Å². The van der Waals surface area contributed by atoms with E-state index in [9.17, 15) is 9.59 Å². The number of carbonyl (C=O) groups excluding carboxylic acids is 2. The third-order valence-electron chi connectivity index (χ3n) is 3.99. The molecule has 1 N–H and O–H groups in total. The number of hydrogen-bond acceptors (Lipinski definition) is 7. The van der Waals surface area contributed by atoms with E-state index in [2.05, 4.69) is 10.5 Å². The summed E-state index contributed by atoms with van der Waals surface area (Å²) in [5, 5.41) is 6.34. The van der Waals surface area contributed by atoms with Crippen LogP contribution < -0.4 is 14.8 Å². The normalized spacial score (nSPS) is 10.5. The number of amides is 2. The number of benzene rings is 1. The highest BCUT2D eigenvalue weighted by molar-refractivity contribution is 8.00. The molecular formula is C20H27N3O5S. The zero-order valence-corrected chi connectivity index (χ0v) is 18.0. The van der Waals surface area contributed by atoms with Gasteiger partial charge in [0, 0.05) is 19.2 Å². The van der Waals surface area contributed by atoms with Crippen molar-refractivity contribution in [2.24, 2.45) is 0 Å². The third kappa shape index (κ3) is 7.01. The molecule has 0 saturated carbocycles. The Hall–Kier alpha value is -2.68. The van der Waals surface area contributed by atoms with Gasteiger partial charge in [-0.25, -0.2) is 0 Å². The first-order valence-electron chi connectivity index (χ1n) is 9.35. The van der Waals surface area contributed by atoms with Crippen molar-refractivity contribution in [3.05, 3.63) is 35.6 Å². The van der Waals surface area contributed by atoms with Crippen molar-refractivity contribution in [2.45, 2.75) is 27.3 Å². The molecule has 0 aliphatic rings. The maximum atomic E-state index is 12.5. The minimum atomic E-state index is -0.226. The fourth-order valence-corrected chi connectivity index (χ4v) is 3.33. The van der Waals surface area contributed by atoms with Crippen molar-refractivity contribution >= 4 is 29.4 Å². The van der Waals surface area contributed by atoms with Gasteiger partial charge < -0.3 is 24.2 Å². The number of aryl methyl sites for hydroxylation is 1. The number of hydrogen-bond donors (Lipinski definition) is 1. The Labute approximate surface area is 174 Å². The Kier molecular flexibility index (Phi) is 8.85. The highest BCUT2D eigenvalue weighted by atomic mass is 32.2. The molecule has 1 aromatic carbocycles. The van der Waals surface area contributed by atoms with Gasteiger partial charge in [-0.3, -0.25) is 9.59 Å². The molecule has 0 spiro atoms. The zero-order chi connectivity index (χ0) is 21.2. The molecule has 0 unspecified atom stereocenters. The van der Waals surface area contributed by atoms with Crippen LogP contribution in [-0.2, 0) is 16.1 Å². The van der Waals surface area contributed by atoms with Gasteiger partial charge in [0.25, 0.3) is 0 Å². The number of rotatable bonds is 11. The first-order valence-corrected chi connectivity index (χ1v) is 10.5. The van der Waals surface area contributed by atoms with E-state index in [1.807, 2.05) is 32.0 Å². The van der Waals surface area contributed by atoms with Crippen LogP contribution in [0.5, 0.6) is 11.5 Å². The molecule has 1 heterocycles. The Morgan fingerprint density at radius 2 is 2.00 bits per heavy atom. The van der Waals surface area contributed by atoms with Crippen LogP contribution in [0.15, 0.2) is 28.8 Å².